The lowest BCUT2D eigenvalue weighted by Crippen LogP contribution is -2.20. The van der Waals surface area contributed by atoms with Crippen molar-refractivity contribution in [3.05, 3.63) is 106 Å². The SMILES string of the molecule is COc1cccc2oc(-c3nc4ccccc4c(=O)n3N=Cc3cc(C)n(-c4ccccn4)c3C)cc12. The van der Waals surface area contributed by atoms with Gasteiger partial charge in [0.25, 0.3) is 5.56 Å². The van der Waals surface area contributed by atoms with Crippen molar-refractivity contribution in [3.8, 4) is 23.2 Å². The molecule has 0 radical (unpaired) electrons. The number of benzene rings is 2. The minimum Gasteiger partial charge on any atom is -0.496 e. The van der Waals surface area contributed by atoms with Gasteiger partial charge in [-0.1, -0.05) is 24.3 Å². The summed E-state index contributed by atoms with van der Waals surface area (Å²) in [6.07, 6.45) is 3.43. The highest BCUT2D eigenvalue weighted by Gasteiger charge is 2.18. The van der Waals surface area contributed by atoms with E-state index in [2.05, 4.69) is 14.7 Å². The van der Waals surface area contributed by atoms with E-state index in [0.29, 0.717) is 33.8 Å². The molecular weight excluding hydrogens is 466 g/mol. The minimum atomic E-state index is -0.289. The average molecular weight is 490 g/mol. The van der Waals surface area contributed by atoms with Crippen molar-refractivity contribution in [1.82, 2.24) is 19.2 Å². The Morgan fingerprint density at radius 3 is 2.62 bits per heavy atom. The zero-order valence-corrected chi connectivity index (χ0v) is 20.5. The molecule has 4 heterocycles. The summed E-state index contributed by atoms with van der Waals surface area (Å²) < 4.78 is 14.9. The van der Waals surface area contributed by atoms with E-state index in [1.54, 1.807) is 31.7 Å². The maximum atomic E-state index is 13.6. The third-order valence-electron chi connectivity index (χ3n) is 6.38. The summed E-state index contributed by atoms with van der Waals surface area (Å²) in [5.41, 5.74) is 3.73. The fraction of sp³-hybridized carbons (Fsp3) is 0.103. The molecule has 0 atom stereocenters. The van der Waals surface area contributed by atoms with Crippen molar-refractivity contribution in [1.29, 1.82) is 0 Å². The Balaban J connectivity index is 1.53. The van der Waals surface area contributed by atoms with Crippen molar-refractivity contribution in [2.24, 2.45) is 5.10 Å². The molecule has 8 nitrogen and oxygen atoms in total. The normalized spacial score (nSPS) is 11.6. The number of rotatable bonds is 5. The van der Waals surface area contributed by atoms with Crippen molar-refractivity contribution >= 4 is 28.1 Å². The smallest absolute Gasteiger partial charge is 0.282 e. The number of hydrogen-bond donors (Lipinski definition) is 0. The van der Waals surface area contributed by atoms with E-state index in [9.17, 15) is 4.79 Å². The van der Waals surface area contributed by atoms with Gasteiger partial charge in [-0.25, -0.2) is 9.97 Å². The molecule has 4 aromatic heterocycles. The molecule has 6 aromatic rings. The largest absolute Gasteiger partial charge is 0.496 e. The van der Waals surface area contributed by atoms with Crippen molar-refractivity contribution < 1.29 is 9.15 Å². The van der Waals surface area contributed by atoms with Crippen LogP contribution >= 0.6 is 0 Å². The van der Waals surface area contributed by atoms with E-state index in [1.165, 1.54) is 4.68 Å². The predicted molar refractivity (Wildman–Crippen MR) is 144 cm³/mol. The summed E-state index contributed by atoms with van der Waals surface area (Å²) in [6, 6.07) is 22.4. The van der Waals surface area contributed by atoms with Crippen LogP contribution in [0.5, 0.6) is 5.75 Å². The average Bonchev–Trinajstić information content (AvgIpc) is 3.48. The summed E-state index contributed by atoms with van der Waals surface area (Å²) in [6.45, 7) is 4.01. The third-order valence-corrected chi connectivity index (χ3v) is 6.38. The van der Waals surface area contributed by atoms with Crippen molar-refractivity contribution in [2.45, 2.75) is 13.8 Å². The monoisotopic (exact) mass is 489 g/mol. The Morgan fingerprint density at radius 2 is 1.81 bits per heavy atom. The Bertz CT molecular complexity index is 1860. The molecule has 6 rings (SSSR count). The van der Waals surface area contributed by atoms with Gasteiger partial charge in [0, 0.05) is 23.1 Å². The molecular formula is C29H23N5O3. The highest BCUT2D eigenvalue weighted by molar-refractivity contribution is 5.89. The number of hydrogen-bond acceptors (Lipinski definition) is 6. The summed E-state index contributed by atoms with van der Waals surface area (Å²) >= 11 is 0. The summed E-state index contributed by atoms with van der Waals surface area (Å²) in [4.78, 5) is 22.8. The lowest BCUT2D eigenvalue weighted by atomic mass is 10.2. The topological polar surface area (TPSA) is 87.4 Å². The van der Waals surface area contributed by atoms with Gasteiger partial charge in [-0.05, 0) is 62.4 Å². The molecule has 0 N–H and O–H groups in total. The van der Waals surface area contributed by atoms with E-state index >= 15 is 0 Å². The molecule has 0 aliphatic rings. The number of aromatic nitrogens is 4. The van der Waals surface area contributed by atoms with Gasteiger partial charge in [0.15, 0.2) is 5.76 Å². The van der Waals surface area contributed by atoms with E-state index in [0.717, 1.165) is 28.2 Å². The molecule has 0 aliphatic carbocycles. The molecule has 0 unspecified atom stereocenters. The summed E-state index contributed by atoms with van der Waals surface area (Å²) in [5, 5.41) is 5.87. The molecule has 0 aliphatic heterocycles. The number of aryl methyl sites for hydroxylation is 1. The highest BCUT2D eigenvalue weighted by atomic mass is 16.5. The Morgan fingerprint density at radius 1 is 0.973 bits per heavy atom. The highest BCUT2D eigenvalue weighted by Crippen LogP contribution is 2.33. The van der Waals surface area contributed by atoms with Crippen LogP contribution in [0, 0.1) is 13.8 Å². The van der Waals surface area contributed by atoms with Gasteiger partial charge >= 0.3 is 0 Å². The zero-order chi connectivity index (χ0) is 25.5. The zero-order valence-electron chi connectivity index (χ0n) is 20.5. The molecule has 182 valence electrons. The van der Waals surface area contributed by atoms with Gasteiger partial charge in [0.1, 0.15) is 17.2 Å². The van der Waals surface area contributed by atoms with E-state index < -0.39 is 0 Å². The van der Waals surface area contributed by atoms with Crippen molar-refractivity contribution in [3.63, 3.8) is 0 Å². The second-order valence-corrected chi connectivity index (χ2v) is 8.65. The second kappa shape index (κ2) is 8.91. The van der Waals surface area contributed by atoms with Gasteiger partial charge in [-0.15, -0.1) is 0 Å². The second-order valence-electron chi connectivity index (χ2n) is 8.65. The number of methoxy groups -OCH3 is 1. The van der Waals surface area contributed by atoms with Crippen LogP contribution < -0.4 is 10.3 Å². The van der Waals surface area contributed by atoms with E-state index in [1.807, 2.05) is 74.5 Å². The number of furan rings is 1. The molecule has 0 saturated heterocycles. The van der Waals surface area contributed by atoms with Crippen LogP contribution in [0.1, 0.15) is 17.0 Å². The molecule has 0 bridgehead atoms. The van der Waals surface area contributed by atoms with Crippen LogP contribution in [0.4, 0.5) is 0 Å². The number of pyridine rings is 1. The van der Waals surface area contributed by atoms with Crippen LogP contribution in [0.15, 0.2) is 93.3 Å². The molecule has 0 fully saturated rings. The van der Waals surface area contributed by atoms with E-state index in [4.69, 9.17) is 14.1 Å². The fourth-order valence-electron chi connectivity index (χ4n) is 4.59. The van der Waals surface area contributed by atoms with Crippen LogP contribution in [-0.2, 0) is 0 Å². The predicted octanol–water partition coefficient (Wildman–Crippen LogP) is 5.50. The van der Waals surface area contributed by atoms with Crippen LogP contribution in [0.25, 0.3) is 39.3 Å². The Kier molecular flexibility index (Phi) is 5.41. The molecule has 8 heteroatoms. The fourth-order valence-corrected chi connectivity index (χ4v) is 4.59. The summed E-state index contributed by atoms with van der Waals surface area (Å²) in [5.74, 6) is 2.21. The number of para-hydroxylation sites is 1. The number of ether oxygens (including phenoxy) is 1. The Labute approximate surface area is 212 Å². The van der Waals surface area contributed by atoms with Gasteiger partial charge in [-0.2, -0.15) is 9.78 Å². The van der Waals surface area contributed by atoms with Crippen molar-refractivity contribution in [2.75, 3.05) is 7.11 Å². The summed E-state index contributed by atoms with van der Waals surface area (Å²) in [7, 11) is 1.61. The first kappa shape index (κ1) is 22.5. The first-order chi connectivity index (χ1) is 18.0. The number of fused-ring (bicyclic) bond motifs is 2. The van der Waals surface area contributed by atoms with Gasteiger partial charge in [0.05, 0.1) is 29.6 Å². The first-order valence-electron chi connectivity index (χ1n) is 11.8. The third kappa shape index (κ3) is 3.79. The maximum Gasteiger partial charge on any atom is 0.282 e. The van der Waals surface area contributed by atoms with Crippen LogP contribution in [-0.4, -0.2) is 32.5 Å². The molecule has 0 spiro atoms. The maximum absolute atomic E-state index is 13.6. The molecule has 2 aromatic carbocycles. The van der Waals surface area contributed by atoms with E-state index in [-0.39, 0.29) is 5.56 Å². The van der Waals surface area contributed by atoms with Gasteiger partial charge in [0.2, 0.25) is 5.82 Å². The van der Waals surface area contributed by atoms with Gasteiger partial charge < -0.3 is 13.7 Å². The molecule has 37 heavy (non-hydrogen) atoms. The Hall–Kier alpha value is -4.98. The first-order valence-corrected chi connectivity index (χ1v) is 11.8. The van der Waals surface area contributed by atoms with Crippen LogP contribution in [0.2, 0.25) is 0 Å². The molecule has 0 amide bonds. The molecule has 0 saturated carbocycles. The van der Waals surface area contributed by atoms with Crippen LogP contribution in [0.3, 0.4) is 0 Å². The number of nitrogens with zero attached hydrogens (tertiary/aromatic N) is 5. The van der Waals surface area contributed by atoms with Gasteiger partial charge in [-0.3, -0.25) is 4.79 Å². The minimum absolute atomic E-state index is 0.289. The standard InChI is InChI=1S/C29H23N5O3/c1-18-15-20(19(2)33(18)27-13-6-7-14-30-27)17-31-34-28(32-23-10-5-4-9-21(23)29(34)35)26-16-22-24(36-3)11-8-12-25(22)37-26/h4-17H,1-3H3. The lowest BCUT2D eigenvalue weighted by Gasteiger charge is -2.08. The quantitative estimate of drug-likeness (QED) is 0.298. The lowest BCUT2D eigenvalue weighted by molar-refractivity contribution is 0.419.